The molecular weight excluding hydrogens is 208 g/mol. The van der Waals surface area contributed by atoms with Crippen LogP contribution in [0.15, 0.2) is 12.4 Å². The van der Waals surface area contributed by atoms with Crippen LogP contribution < -0.4 is 0 Å². The van der Waals surface area contributed by atoms with Crippen LogP contribution in [-0.2, 0) is 20.7 Å². The number of hydrogen-bond donors (Lipinski definition) is 1. The molecule has 5 nitrogen and oxygen atoms in total. The quantitative estimate of drug-likeness (QED) is 0.793. The summed E-state index contributed by atoms with van der Waals surface area (Å²) in [7, 11) is 0. The van der Waals surface area contributed by atoms with Gasteiger partial charge in [-0.15, -0.1) is 0 Å². The van der Waals surface area contributed by atoms with Crippen molar-refractivity contribution in [2.75, 3.05) is 0 Å². The third-order valence-corrected chi connectivity index (χ3v) is 1.41. The average Bonchev–Trinajstić information content (AvgIpc) is 2.54. The molecule has 0 saturated carbocycles. The van der Waals surface area contributed by atoms with Gasteiger partial charge in [0.05, 0.1) is 6.20 Å². The monoisotopic (exact) mass is 226 g/mol. The molecule has 1 aromatic rings. The van der Waals surface area contributed by atoms with E-state index in [0.29, 0.717) is 12.9 Å². The van der Waals surface area contributed by atoms with Crippen molar-refractivity contribution >= 4 is 12.3 Å². The summed E-state index contributed by atoms with van der Waals surface area (Å²) < 4.78 is 4.55. The first-order valence-corrected chi connectivity index (χ1v) is 4.93. The number of carbonyl (C=O) groups excluding carboxylic acids is 2. The fraction of sp³-hybridized carbons (Fsp3) is 0.545. The molecule has 16 heavy (non-hydrogen) atoms. The highest BCUT2D eigenvalue weighted by Crippen LogP contribution is 2.02. The molecule has 0 radical (unpaired) electrons. The third kappa shape index (κ3) is 8.93. The lowest BCUT2D eigenvalue weighted by molar-refractivity contribution is -0.138. The van der Waals surface area contributed by atoms with Gasteiger partial charge in [0, 0.05) is 12.6 Å². The summed E-state index contributed by atoms with van der Waals surface area (Å²) in [5, 5.41) is 6.33. The van der Waals surface area contributed by atoms with E-state index in [4.69, 9.17) is 0 Å². The highest BCUT2D eigenvalue weighted by Gasteiger charge is 2.07. The number of nitrogens with zero attached hydrogens (tertiary/aromatic N) is 1. The van der Waals surface area contributed by atoms with E-state index in [1.807, 2.05) is 20.8 Å². The van der Waals surface area contributed by atoms with Crippen molar-refractivity contribution in [2.45, 2.75) is 39.7 Å². The molecule has 0 bridgehead atoms. The molecule has 0 spiro atoms. The minimum atomic E-state index is -0.318. The molecule has 0 aliphatic carbocycles. The number of Topliss-reactive ketones (excluding diaryl/α,β-unsaturated/α-hetero) is 1. The van der Waals surface area contributed by atoms with Gasteiger partial charge in [0.1, 0.15) is 11.4 Å². The first kappa shape index (κ1) is 14.3. The summed E-state index contributed by atoms with van der Waals surface area (Å²) in [5.74, 6) is 0.163. The van der Waals surface area contributed by atoms with Crippen molar-refractivity contribution in [1.29, 1.82) is 0 Å². The number of H-pyrrole nitrogens is 1. The highest BCUT2D eigenvalue weighted by atomic mass is 16.5. The van der Waals surface area contributed by atoms with E-state index in [1.165, 1.54) is 0 Å². The van der Waals surface area contributed by atoms with Crippen LogP contribution in [0.25, 0.3) is 0 Å². The number of hydrogen-bond acceptors (Lipinski definition) is 4. The first-order chi connectivity index (χ1) is 7.35. The summed E-state index contributed by atoms with van der Waals surface area (Å²) in [6.45, 7) is 7.48. The third-order valence-electron chi connectivity index (χ3n) is 1.41. The maximum Gasteiger partial charge on any atom is 0.293 e. The van der Waals surface area contributed by atoms with Crippen LogP contribution >= 0.6 is 0 Å². The van der Waals surface area contributed by atoms with Crippen LogP contribution in [0.3, 0.4) is 0 Å². The number of aromatic nitrogens is 2. The Morgan fingerprint density at radius 3 is 2.44 bits per heavy atom. The summed E-state index contributed by atoms with van der Waals surface area (Å²) >= 11 is 0. The maximum atomic E-state index is 10.5. The lowest BCUT2D eigenvalue weighted by Crippen LogP contribution is -2.17. The van der Waals surface area contributed by atoms with Gasteiger partial charge in [0.15, 0.2) is 0 Å². The Labute approximate surface area is 95.2 Å². The van der Waals surface area contributed by atoms with Crippen molar-refractivity contribution in [1.82, 2.24) is 10.2 Å². The Balaban J connectivity index is 0.000000293. The summed E-state index contributed by atoms with van der Waals surface area (Å²) in [5.41, 5.74) is 0.629. The Morgan fingerprint density at radius 2 is 2.19 bits per heavy atom. The number of carbonyl (C=O) groups is 2. The second kappa shape index (κ2) is 6.76. The summed E-state index contributed by atoms with van der Waals surface area (Å²) in [4.78, 5) is 20.1. The Kier molecular flexibility index (Phi) is 6.07. The molecule has 1 rings (SSSR count). The Hall–Kier alpha value is -1.65. The zero-order valence-electron chi connectivity index (χ0n) is 10.1. The van der Waals surface area contributed by atoms with Gasteiger partial charge in [0.25, 0.3) is 6.47 Å². The molecule has 0 saturated heterocycles. The zero-order valence-corrected chi connectivity index (χ0v) is 10.1. The van der Waals surface area contributed by atoms with Gasteiger partial charge in [-0.2, -0.15) is 5.10 Å². The maximum absolute atomic E-state index is 10.5. The second-order valence-electron chi connectivity index (χ2n) is 4.31. The Morgan fingerprint density at radius 1 is 1.56 bits per heavy atom. The van der Waals surface area contributed by atoms with Gasteiger partial charge in [-0.3, -0.25) is 14.7 Å². The number of ether oxygens (including phenoxy) is 1. The predicted molar refractivity (Wildman–Crippen MR) is 59.9 cm³/mol. The standard InChI is InChI=1S/C6H8N2O.C5H10O2/c1-5(9)2-6-3-7-8-4-6;1-5(2,3)7-4-6/h3-4H,2H2,1H3,(H,7,8);4H,1-3H3. The highest BCUT2D eigenvalue weighted by molar-refractivity contribution is 5.77. The molecule has 0 amide bonds. The number of aromatic amines is 1. The van der Waals surface area contributed by atoms with E-state index >= 15 is 0 Å². The van der Waals surface area contributed by atoms with Crippen LogP contribution in [0.1, 0.15) is 33.3 Å². The van der Waals surface area contributed by atoms with E-state index in [2.05, 4.69) is 14.9 Å². The topological polar surface area (TPSA) is 72.1 Å². The van der Waals surface area contributed by atoms with Crippen LogP contribution in [-0.4, -0.2) is 28.1 Å². The average molecular weight is 226 g/mol. The largest absolute Gasteiger partial charge is 0.462 e. The molecule has 0 aliphatic rings. The Bertz CT molecular complexity index is 312. The van der Waals surface area contributed by atoms with Crippen molar-refractivity contribution in [3.05, 3.63) is 18.0 Å². The molecule has 0 aromatic carbocycles. The molecule has 90 valence electrons. The summed E-state index contributed by atoms with van der Waals surface area (Å²) in [6.07, 6.45) is 3.86. The fourth-order valence-corrected chi connectivity index (χ4v) is 0.806. The molecule has 1 heterocycles. The van der Waals surface area contributed by atoms with Crippen LogP contribution in [0, 0.1) is 0 Å². The number of ketones is 1. The van der Waals surface area contributed by atoms with E-state index in [-0.39, 0.29) is 11.4 Å². The molecule has 5 heteroatoms. The first-order valence-electron chi connectivity index (χ1n) is 4.93. The molecule has 1 aromatic heterocycles. The van der Waals surface area contributed by atoms with Crippen LogP contribution in [0.4, 0.5) is 0 Å². The molecule has 0 fully saturated rings. The fourth-order valence-electron chi connectivity index (χ4n) is 0.806. The van der Waals surface area contributed by atoms with E-state index in [9.17, 15) is 9.59 Å². The van der Waals surface area contributed by atoms with E-state index < -0.39 is 0 Å². The van der Waals surface area contributed by atoms with Gasteiger partial charge < -0.3 is 4.74 Å². The minimum absolute atomic E-state index is 0.163. The number of nitrogens with one attached hydrogen (secondary N) is 1. The van der Waals surface area contributed by atoms with Gasteiger partial charge in [0.2, 0.25) is 0 Å². The van der Waals surface area contributed by atoms with Gasteiger partial charge >= 0.3 is 0 Å². The SMILES string of the molecule is CC(=O)Cc1cn[nH]c1.CC(C)(C)OC=O. The molecule has 0 aliphatic heterocycles. The molecule has 1 N–H and O–H groups in total. The molecule has 0 atom stereocenters. The lowest BCUT2D eigenvalue weighted by Gasteiger charge is -2.14. The second-order valence-corrected chi connectivity index (χ2v) is 4.31. The van der Waals surface area contributed by atoms with E-state index in [1.54, 1.807) is 19.3 Å². The van der Waals surface area contributed by atoms with Gasteiger partial charge in [-0.05, 0) is 33.3 Å². The van der Waals surface area contributed by atoms with Crippen molar-refractivity contribution in [3.63, 3.8) is 0 Å². The predicted octanol–water partition coefficient (Wildman–Crippen LogP) is 1.50. The minimum Gasteiger partial charge on any atom is -0.462 e. The van der Waals surface area contributed by atoms with E-state index in [0.717, 1.165) is 5.56 Å². The van der Waals surface area contributed by atoms with Crippen molar-refractivity contribution in [2.24, 2.45) is 0 Å². The zero-order chi connectivity index (χ0) is 12.6. The smallest absolute Gasteiger partial charge is 0.293 e. The number of rotatable bonds is 3. The normalized spacial score (nSPS) is 10.0. The van der Waals surface area contributed by atoms with Gasteiger partial charge in [-0.25, -0.2) is 0 Å². The van der Waals surface area contributed by atoms with Crippen molar-refractivity contribution in [3.8, 4) is 0 Å². The lowest BCUT2D eigenvalue weighted by atomic mass is 10.2. The van der Waals surface area contributed by atoms with Crippen LogP contribution in [0.2, 0.25) is 0 Å². The summed E-state index contributed by atoms with van der Waals surface area (Å²) in [6, 6.07) is 0. The van der Waals surface area contributed by atoms with Gasteiger partial charge in [-0.1, -0.05) is 0 Å². The molecule has 0 unspecified atom stereocenters. The molecular formula is C11H18N2O3. The van der Waals surface area contributed by atoms with Crippen LogP contribution in [0.5, 0.6) is 0 Å². The van der Waals surface area contributed by atoms with Crippen molar-refractivity contribution < 1.29 is 14.3 Å².